The van der Waals surface area contributed by atoms with Crippen LogP contribution in [0, 0.1) is 0 Å². The van der Waals surface area contributed by atoms with Crippen molar-refractivity contribution in [2.24, 2.45) is 0 Å². The first-order valence-corrected chi connectivity index (χ1v) is 21.7. The molecule has 9 aromatic carbocycles. The van der Waals surface area contributed by atoms with Crippen LogP contribution in [0.15, 0.2) is 212 Å². The highest BCUT2D eigenvalue weighted by atomic mass is 32.1. The molecule has 60 heavy (non-hydrogen) atoms. The lowest BCUT2D eigenvalue weighted by atomic mass is 9.67. The van der Waals surface area contributed by atoms with E-state index in [0.29, 0.717) is 0 Å². The average Bonchev–Trinajstić information content (AvgIpc) is 3.92. The molecule has 0 unspecified atom stereocenters. The molecule has 10 aromatic rings. The Bertz CT molecular complexity index is 3240. The van der Waals surface area contributed by atoms with Gasteiger partial charge in [-0.2, -0.15) is 0 Å². The Morgan fingerprint density at radius 1 is 0.367 bits per heavy atom. The van der Waals surface area contributed by atoms with E-state index in [2.05, 4.69) is 231 Å². The zero-order valence-electron chi connectivity index (χ0n) is 33.6. The van der Waals surface area contributed by atoms with Crippen LogP contribution < -0.4 is 4.90 Å². The van der Waals surface area contributed by atoms with E-state index in [0.717, 1.165) is 11.4 Å². The Morgan fingerprint density at radius 2 is 0.867 bits per heavy atom. The lowest BCUT2D eigenvalue weighted by molar-refractivity contribution is 0.660. The summed E-state index contributed by atoms with van der Waals surface area (Å²) in [6, 6.07) is 79.1. The number of benzene rings is 9. The fourth-order valence-corrected chi connectivity index (χ4v) is 12.0. The summed E-state index contributed by atoms with van der Waals surface area (Å²) < 4.78 is 2.60. The van der Waals surface area contributed by atoms with E-state index in [4.69, 9.17) is 0 Å². The van der Waals surface area contributed by atoms with Crippen molar-refractivity contribution in [3.8, 4) is 33.4 Å². The van der Waals surface area contributed by atoms with Gasteiger partial charge in [0.25, 0.3) is 0 Å². The van der Waals surface area contributed by atoms with Crippen LogP contribution in [0.25, 0.3) is 53.6 Å². The van der Waals surface area contributed by atoms with E-state index in [1.165, 1.54) is 92.6 Å². The molecule has 0 bridgehead atoms. The Kier molecular flexibility index (Phi) is 7.73. The predicted molar refractivity (Wildman–Crippen MR) is 254 cm³/mol. The number of rotatable bonds is 6. The molecule has 0 N–H and O–H groups in total. The molecule has 2 aliphatic carbocycles. The normalized spacial score (nSPS) is 14.1. The van der Waals surface area contributed by atoms with Crippen molar-refractivity contribution in [3.05, 3.63) is 246 Å². The third kappa shape index (κ3) is 4.92. The van der Waals surface area contributed by atoms with Gasteiger partial charge >= 0.3 is 0 Å². The number of hydrogen-bond acceptors (Lipinski definition) is 2. The van der Waals surface area contributed by atoms with Gasteiger partial charge in [0.2, 0.25) is 0 Å². The second-order valence-corrected chi connectivity index (χ2v) is 17.8. The summed E-state index contributed by atoms with van der Waals surface area (Å²) in [4.78, 5) is 2.50. The summed E-state index contributed by atoms with van der Waals surface area (Å²) in [5, 5.41) is 2.56. The van der Waals surface area contributed by atoms with Crippen molar-refractivity contribution in [1.29, 1.82) is 0 Å². The summed E-state index contributed by atoms with van der Waals surface area (Å²) in [6.45, 7) is 4.74. The largest absolute Gasteiger partial charge is 0.309 e. The third-order valence-corrected chi connectivity index (χ3v) is 14.6. The van der Waals surface area contributed by atoms with Gasteiger partial charge in [-0.05, 0) is 97.1 Å². The van der Waals surface area contributed by atoms with Crippen LogP contribution in [-0.4, -0.2) is 0 Å². The van der Waals surface area contributed by atoms with Gasteiger partial charge in [-0.25, -0.2) is 0 Å². The fraction of sp³-hybridized carbons (Fsp3) is 0.0690. The molecule has 2 aliphatic rings. The van der Waals surface area contributed by atoms with Crippen LogP contribution in [0.5, 0.6) is 0 Å². The van der Waals surface area contributed by atoms with Crippen molar-refractivity contribution in [3.63, 3.8) is 0 Å². The van der Waals surface area contributed by atoms with Gasteiger partial charge in [0, 0.05) is 32.3 Å². The van der Waals surface area contributed by atoms with E-state index in [1.54, 1.807) is 0 Å². The van der Waals surface area contributed by atoms with Gasteiger partial charge in [-0.1, -0.05) is 196 Å². The van der Waals surface area contributed by atoms with Gasteiger partial charge in [-0.3, -0.25) is 0 Å². The lowest BCUT2D eigenvalue weighted by Gasteiger charge is -2.34. The SMILES string of the molecule is CC1(C)c2ccccc2-c2ccc(N(c3ccc(-c4ccccc4)cc3)c3cccc4c3sc3c(C5(c6ccccc6)c6ccccc6-c6ccccc65)cccc34)cc21. The Morgan fingerprint density at radius 3 is 1.55 bits per heavy atom. The fourth-order valence-electron chi connectivity index (χ4n) is 10.6. The Labute approximate surface area is 355 Å². The summed E-state index contributed by atoms with van der Waals surface area (Å²) in [6.07, 6.45) is 0. The van der Waals surface area contributed by atoms with Crippen molar-refractivity contribution in [2.75, 3.05) is 4.90 Å². The molecule has 0 aliphatic heterocycles. The van der Waals surface area contributed by atoms with E-state index in [9.17, 15) is 0 Å². The van der Waals surface area contributed by atoms with E-state index in [1.807, 2.05) is 11.3 Å². The second-order valence-electron chi connectivity index (χ2n) is 16.8. The van der Waals surface area contributed by atoms with Crippen LogP contribution in [0.4, 0.5) is 17.1 Å². The first kappa shape index (κ1) is 35.0. The number of anilines is 3. The maximum atomic E-state index is 2.50. The Balaban J connectivity index is 1.11. The molecule has 12 rings (SSSR count). The highest BCUT2D eigenvalue weighted by molar-refractivity contribution is 7.26. The molecule has 284 valence electrons. The third-order valence-electron chi connectivity index (χ3n) is 13.4. The van der Waals surface area contributed by atoms with Crippen LogP contribution in [-0.2, 0) is 10.8 Å². The number of thiophene rings is 1. The number of hydrogen-bond donors (Lipinski definition) is 0. The molecule has 1 aromatic heterocycles. The highest BCUT2D eigenvalue weighted by Crippen LogP contribution is 2.59. The molecular formula is C58H41NS. The number of nitrogens with zero attached hydrogens (tertiary/aromatic N) is 1. The van der Waals surface area contributed by atoms with Crippen molar-refractivity contribution >= 4 is 48.6 Å². The first-order valence-electron chi connectivity index (χ1n) is 20.9. The quantitative estimate of drug-likeness (QED) is 0.162. The minimum Gasteiger partial charge on any atom is -0.309 e. The zero-order valence-corrected chi connectivity index (χ0v) is 34.4. The molecule has 2 heteroatoms. The average molecular weight is 784 g/mol. The smallest absolute Gasteiger partial charge is 0.0727 e. The maximum absolute atomic E-state index is 2.50. The molecule has 1 heterocycles. The summed E-state index contributed by atoms with van der Waals surface area (Å²) in [7, 11) is 0. The van der Waals surface area contributed by atoms with Crippen molar-refractivity contribution < 1.29 is 0 Å². The van der Waals surface area contributed by atoms with Gasteiger partial charge < -0.3 is 4.90 Å². The van der Waals surface area contributed by atoms with E-state index >= 15 is 0 Å². The first-order chi connectivity index (χ1) is 29.5. The number of fused-ring (bicyclic) bond motifs is 9. The van der Waals surface area contributed by atoms with Crippen LogP contribution in [0.2, 0.25) is 0 Å². The summed E-state index contributed by atoms with van der Waals surface area (Å²) >= 11 is 1.94. The maximum Gasteiger partial charge on any atom is 0.0727 e. The molecule has 0 amide bonds. The molecule has 0 saturated heterocycles. The minimum absolute atomic E-state index is 0.122. The summed E-state index contributed by atoms with van der Waals surface area (Å²) in [5.74, 6) is 0. The Hall–Kier alpha value is -7.00. The molecule has 0 fully saturated rings. The molecule has 0 atom stereocenters. The van der Waals surface area contributed by atoms with E-state index in [-0.39, 0.29) is 5.41 Å². The van der Waals surface area contributed by atoms with Crippen LogP contribution in [0.1, 0.15) is 47.2 Å². The minimum atomic E-state index is -0.484. The van der Waals surface area contributed by atoms with Crippen LogP contribution in [0.3, 0.4) is 0 Å². The van der Waals surface area contributed by atoms with Gasteiger partial charge in [0.1, 0.15) is 0 Å². The molecule has 1 nitrogen and oxygen atoms in total. The zero-order chi connectivity index (χ0) is 40.0. The molecule has 0 spiro atoms. The molecular weight excluding hydrogens is 743 g/mol. The highest BCUT2D eigenvalue weighted by Gasteiger charge is 2.47. The monoisotopic (exact) mass is 783 g/mol. The van der Waals surface area contributed by atoms with Gasteiger partial charge in [0.05, 0.1) is 15.8 Å². The van der Waals surface area contributed by atoms with Gasteiger partial charge in [-0.15, -0.1) is 11.3 Å². The summed E-state index contributed by atoms with van der Waals surface area (Å²) in [5.41, 5.74) is 18.6. The second kappa shape index (κ2) is 13.3. The topological polar surface area (TPSA) is 3.24 Å². The van der Waals surface area contributed by atoms with Crippen molar-refractivity contribution in [1.82, 2.24) is 0 Å². The lowest BCUT2D eigenvalue weighted by Crippen LogP contribution is -2.28. The van der Waals surface area contributed by atoms with E-state index < -0.39 is 5.41 Å². The van der Waals surface area contributed by atoms with Crippen molar-refractivity contribution in [2.45, 2.75) is 24.7 Å². The predicted octanol–water partition coefficient (Wildman–Crippen LogP) is 15.9. The van der Waals surface area contributed by atoms with Crippen LogP contribution >= 0.6 is 11.3 Å². The standard InChI is InChI=1S/C58H41NS/c1-57(2)49-26-12-9-21-43(49)46-36-35-42(37-53(46)57)59(41-33-31-39(32-34-41)38-17-5-3-6-18-38)54-30-16-25-48-47-24-15-29-52(55(47)60-56(48)54)58(40-19-7-4-8-20-40)50-27-13-10-22-44(50)45-23-11-14-28-51(45)58/h3-37H,1-2H3. The van der Waals surface area contributed by atoms with Gasteiger partial charge in [0.15, 0.2) is 0 Å². The molecule has 0 saturated carbocycles. The molecule has 0 radical (unpaired) electrons.